The summed E-state index contributed by atoms with van der Waals surface area (Å²) in [5.41, 5.74) is 4.53. The van der Waals surface area contributed by atoms with E-state index < -0.39 is 0 Å². The second-order valence-electron chi connectivity index (χ2n) is 6.65. The molecule has 0 aromatic heterocycles. The molecule has 0 aliphatic rings. The van der Waals surface area contributed by atoms with E-state index in [0.29, 0.717) is 0 Å². The summed E-state index contributed by atoms with van der Waals surface area (Å²) in [6.07, 6.45) is 0. The number of hydrogen-bond donors (Lipinski definition) is 0. The standard InChI is InChI=1S/C13H32P18/c1-4-5(2)7-8(11(6(4)3)29(30(21)22)31(23)26-17)9(14)10(24-15)13(27(18)19)12(7)28(20)25-16/h24-26H,14-23H2,1-3H3. The molecule has 0 aliphatic heterocycles. The SMILES string of the molecule is Cc1c(C)c(P(P(P)P)P(P)PP)c2c(P)c(PP)c(P(P)P)c(P(P)PP)c2c1C. The molecule has 18 heteroatoms. The van der Waals surface area contributed by atoms with Crippen molar-refractivity contribution in [2.45, 2.75) is 20.8 Å². The van der Waals surface area contributed by atoms with Gasteiger partial charge in [-0.1, -0.05) is 24.2 Å². The molecule has 0 radical (unpaired) electrons. The average Bonchev–Trinajstić information content (AvgIpc) is 2.72. The third-order valence-corrected chi connectivity index (χ3v) is 55.1. The molecule has 0 nitrogen and oxygen atoms in total. The van der Waals surface area contributed by atoms with Crippen LogP contribution in [0.25, 0.3) is 10.8 Å². The number of benzene rings is 2. The molecule has 0 spiro atoms. The van der Waals surface area contributed by atoms with Crippen molar-refractivity contribution in [3.05, 3.63) is 16.7 Å². The number of rotatable bonds is 8. The van der Waals surface area contributed by atoms with Crippen LogP contribution in [0.15, 0.2) is 0 Å². The van der Waals surface area contributed by atoms with Gasteiger partial charge < -0.3 is 0 Å². The van der Waals surface area contributed by atoms with Crippen molar-refractivity contribution in [1.82, 2.24) is 0 Å². The lowest BCUT2D eigenvalue weighted by Gasteiger charge is -2.34. The molecule has 16 atom stereocenters. The maximum atomic E-state index is 3.26. The normalized spacial score (nSPS) is 16.4. The van der Waals surface area contributed by atoms with Gasteiger partial charge in [0.05, 0.1) is 0 Å². The molecular weight excluding hydrogens is 714 g/mol. The Morgan fingerprint density at radius 3 is 1.68 bits per heavy atom. The second kappa shape index (κ2) is 15.4. The van der Waals surface area contributed by atoms with Crippen molar-refractivity contribution >= 4 is 187 Å². The van der Waals surface area contributed by atoms with Gasteiger partial charge in [0.15, 0.2) is 0 Å². The Balaban J connectivity index is 3.30. The summed E-state index contributed by atoms with van der Waals surface area (Å²) >= 11 is 0. The van der Waals surface area contributed by atoms with Crippen LogP contribution in [0.3, 0.4) is 0 Å². The van der Waals surface area contributed by atoms with E-state index in [9.17, 15) is 0 Å². The molecule has 2 rings (SSSR count). The monoisotopic (exact) mass is 746 g/mol. The predicted octanol–water partition coefficient (Wildman–Crippen LogP) is 8.98. The van der Waals surface area contributed by atoms with Gasteiger partial charge in [-0.25, -0.2) is 0 Å². The quantitative estimate of drug-likeness (QED) is 0.237. The van der Waals surface area contributed by atoms with Crippen LogP contribution < -0.4 is 26.5 Å². The van der Waals surface area contributed by atoms with Crippen LogP contribution in [0.1, 0.15) is 16.7 Å². The fourth-order valence-corrected chi connectivity index (χ4v) is 60.1. The first-order valence-electron chi connectivity index (χ1n) is 8.72. The molecule has 2 aromatic carbocycles. The van der Waals surface area contributed by atoms with Crippen molar-refractivity contribution < 1.29 is 0 Å². The second-order valence-corrected chi connectivity index (χ2v) is 50.9. The van der Waals surface area contributed by atoms with E-state index >= 15 is 0 Å². The fourth-order valence-electron chi connectivity index (χ4n) is 3.52. The van der Waals surface area contributed by atoms with E-state index in [0.717, 1.165) is 24.2 Å². The van der Waals surface area contributed by atoms with E-state index in [-0.39, 0.29) is 35.9 Å². The molecule has 0 N–H and O–H groups in total. The van der Waals surface area contributed by atoms with Crippen molar-refractivity contribution in [2.24, 2.45) is 0 Å². The molecule has 16 unspecified atom stereocenters. The fraction of sp³-hybridized carbons (Fsp3) is 0.231. The van der Waals surface area contributed by atoms with Gasteiger partial charge in [0.25, 0.3) is 0 Å². The van der Waals surface area contributed by atoms with Gasteiger partial charge in [0, 0.05) is 10.6 Å². The molecule has 174 valence electrons. The summed E-state index contributed by atoms with van der Waals surface area (Å²) in [6, 6.07) is 0. The average molecular weight is 746 g/mol. The lowest BCUT2D eigenvalue weighted by Crippen LogP contribution is -2.39. The summed E-state index contributed by atoms with van der Waals surface area (Å²) in [5, 5.41) is 11.1. The molecular formula is C13H32P18. The number of hydrogen-bond acceptors (Lipinski definition) is 0. The molecule has 0 aliphatic carbocycles. The highest BCUT2D eigenvalue weighted by molar-refractivity contribution is 9.02. The van der Waals surface area contributed by atoms with Gasteiger partial charge in [-0.2, -0.15) is 0 Å². The van der Waals surface area contributed by atoms with E-state index in [1.54, 1.807) is 32.0 Å². The van der Waals surface area contributed by atoms with Gasteiger partial charge in [-0.3, -0.25) is 0 Å². The van der Waals surface area contributed by atoms with Crippen molar-refractivity contribution in [2.75, 3.05) is 0 Å². The Labute approximate surface area is 222 Å². The minimum atomic E-state index is -0.342. The van der Waals surface area contributed by atoms with Crippen LogP contribution in [0, 0.1) is 20.8 Å². The topological polar surface area (TPSA) is 0 Å². The third kappa shape index (κ3) is 7.40. The molecule has 0 amide bonds. The maximum absolute atomic E-state index is 3.26. The van der Waals surface area contributed by atoms with Gasteiger partial charge >= 0.3 is 0 Å². The first-order chi connectivity index (χ1) is 14.5. The lowest BCUT2D eigenvalue weighted by molar-refractivity contribution is 1.32. The first-order valence-corrected chi connectivity index (χ1v) is 37.2. The van der Waals surface area contributed by atoms with Crippen LogP contribution in [0.2, 0.25) is 0 Å². The molecule has 0 fully saturated rings. The highest BCUT2D eigenvalue weighted by atomic mass is 33.0. The zero-order valence-corrected chi connectivity index (χ0v) is 36.5. The van der Waals surface area contributed by atoms with Crippen molar-refractivity contribution in [3.63, 3.8) is 0 Å². The van der Waals surface area contributed by atoms with Crippen molar-refractivity contribution in [3.8, 4) is 0 Å². The lowest BCUT2D eigenvalue weighted by atomic mass is 9.96. The number of aryl methyl sites for hydroxylation is 1. The Morgan fingerprint density at radius 1 is 0.677 bits per heavy atom. The zero-order chi connectivity index (χ0) is 23.8. The highest BCUT2D eigenvalue weighted by Crippen LogP contribution is 3.00. The Hall–Kier alpha value is 6.44. The predicted molar refractivity (Wildman–Crippen MR) is 213 cm³/mol. The molecule has 0 saturated heterocycles. The van der Waals surface area contributed by atoms with E-state index in [4.69, 9.17) is 0 Å². The van der Waals surface area contributed by atoms with Gasteiger partial charge in [0.1, 0.15) is 0 Å². The van der Waals surface area contributed by atoms with Gasteiger partial charge in [-0.15, -0.1) is 89.6 Å². The van der Waals surface area contributed by atoms with Gasteiger partial charge in [-0.05, 0) is 100 Å². The number of fused-ring (bicyclic) bond motifs is 1. The summed E-state index contributed by atoms with van der Waals surface area (Å²) in [7, 11) is 33.1. The Kier molecular flexibility index (Phi) is 16.8. The van der Waals surface area contributed by atoms with Crippen molar-refractivity contribution in [1.29, 1.82) is 0 Å². The smallest absolute Gasteiger partial charge is 0.00131 e. The van der Waals surface area contributed by atoms with Crippen LogP contribution in [0.5, 0.6) is 0 Å². The molecule has 31 heavy (non-hydrogen) atoms. The summed E-state index contributed by atoms with van der Waals surface area (Å²) in [4.78, 5) is 0. The third-order valence-electron chi connectivity index (χ3n) is 5.12. The van der Waals surface area contributed by atoms with E-state index in [2.05, 4.69) is 110 Å². The van der Waals surface area contributed by atoms with Crippen LogP contribution in [0.4, 0.5) is 0 Å². The summed E-state index contributed by atoms with van der Waals surface area (Å²) < 4.78 is 0. The molecule has 0 bridgehead atoms. The minimum absolute atomic E-state index is 0.103. The van der Waals surface area contributed by atoms with Crippen LogP contribution in [-0.4, -0.2) is 0 Å². The van der Waals surface area contributed by atoms with Gasteiger partial charge in [0.2, 0.25) is 0 Å². The van der Waals surface area contributed by atoms with Crippen LogP contribution in [-0.2, 0) is 0 Å². The zero-order valence-electron chi connectivity index (χ0n) is 17.5. The highest BCUT2D eigenvalue weighted by Gasteiger charge is 2.32. The Bertz CT molecular complexity index is 956. The van der Waals surface area contributed by atoms with Crippen LogP contribution >= 0.6 is 150 Å². The summed E-state index contributed by atoms with van der Waals surface area (Å²) in [6.45, 7) is 6.82. The maximum Gasteiger partial charge on any atom is 0.00131 e. The Morgan fingerprint density at radius 2 is 1.26 bits per heavy atom. The molecule has 2 aromatic rings. The largest absolute Gasteiger partial charge is 0.110 e. The first kappa shape index (κ1) is 33.6. The van der Waals surface area contributed by atoms with E-state index in [1.807, 2.05) is 0 Å². The van der Waals surface area contributed by atoms with E-state index in [1.165, 1.54) is 22.0 Å². The minimum Gasteiger partial charge on any atom is -0.110 e. The molecule has 0 saturated carbocycles. The molecule has 0 heterocycles. The summed E-state index contributed by atoms with van der Waals surface area (Å²) in [5.74, 6) is 0.